The maximum absolute atomic E-state index is 5.63. The first kappa shape index (κ1) is 13.5. The summed E-state index contributed by atoms with van der Waals surface area (Å²) in [6, 6.07) is 11.5. The summed E-state index contributed by atoms with van der Waals surface area (Å²) in [5.74, 6) is 0. The third-order valence-corrected chi connectivity index (χ3v) is 3.84. The van der Waals surface area contributed by atoms with Crippen molar-refractivity contribution in [2.45, 2.75) is 25.9 Å². The fourth-order valence-electron chi connectivity index (χ4n) is 2.81. The fourth-order valence-corrected chi connectivity index (χ4v) is 2.81. The molecule has 0 spiro atoms. The number of likely N-dealkylation sites (N-methyl/N-ethyl adjacent to an activating group) is 1. The van der Waals surface area contributed by atoms with Crippen LogP contribution in [0.15, 0.2) is 30.3 Å². The highest BCUT2D eigenvalue weighted by Crippen LogP contribution is 2.17. The molecule has 1 heterocycles. The van der Waals surface area contributed by atoms with Gasteiger partial charge in [0.05, 0.1) is 0 Å². The van der Waals surface area contributed by atoms with Crippen LogP contribution in [0.2, 0.25) is 0 Å². The van der Waals surface area contributed by atoms with E-state index < -0.39 is 0 Å². The van der Waals surface area contributed by atoms with Crippen molar-refractivity contribution in [2.75, 3.05) is 32.7 Å². The highest BCUT2D eigenvalue weighted by molar-refractivity contribution is 5.14. The van der Waals surface area contributed by atoms with Crippen LogP contribution in [0.1, 0.15) is 18.9 Å². The second-order valence-corrected chi connectivity index (χ2v) is 5.08. The molecule has 1 atom stereocenters. The van der Waals surface area contributed by atoms with Crippen LogP contribution >= 0.6 is 0 Å². The summed E-state index contributed by atoms with van der Waals surface area (Å²) in [7, 11) is 0. The van der Waals surface area contributed by atoms with Gasteiger partial charge in [-0.15, -0.1) is 0 Å². The number of rotatable bonds is 6. The zero-order valence-corrected chi connectivity index (χ0v) is 11.4. The first-order valence-electron chi connectivity index (χ1n) is 7.04. The van der Waals surface area contributed by atoms with Gasteiger partial charge in [0.2, 0.25) is 0 Å². The van der Waals surface area contributed by atoms with Gasteiger partial charge in [0.25, 0.3) is 0 Å². The van der Waals surface area contributed by atoms with E-state index in [0.29, 0.717) is 6.04 Å². The van der Waals surface area contributed by atoms with Crippen molar-refractivity contribution in [1.29, 1.82) is 0 Å². The molecule has 0 bridgehead atoms. The topological polar surface area (TPSA) is 32.5 Å². The Bertz CT molecular complexity index is 339. The van der Waals surface area contributed by atoms with Gasteiger partial charge in [-0.1, -0.05) is 37.3 Å². The molecule has 18 heavy (non-hydrogen) atoms. The summed E-state index contributed by atoms with van der Waals surface area (Å²) in [6.07, 6.45) is 1.28. The zero-order chi connectivity index (χ0) is 12.8. The maximum atomic E-state index is 5.63. The smallest absolute Gasteiger partial charge is 0.0238 e. The van der Waals surface area contributed by atoms with Crippen molar-refractivity contribution in [3.8, 4) is 0 Å². The highest BCUT2D eigenvalue weighted by atomic mass is 15.2. The van der Waals surface area contributed by atoms with E-state index in [9.17, 15) is 0 Å². The molecule has 3 heteroatoms. The van der Waals surface area contributed by atoms with Gasteiger partial charge in [0.1, 0.15) is 0 Å². The van der Waals surface area contributed by atoms with Gasteiger partial charge < -0.3 is 10.6 Å². The van der Waals surface area contributed by atoms with Gasteiger partial charge in [-0.3, -0.25) is 4.90 Å². The Balaban J connectivity index is 1.90. The van der Waals surface area contributed by atoms with Crippen LogP contribution in [-0.2, 0) is 6.54 Å². The van der Waals surface area contributed by atoms with E-state index in [1.807, 2.05) is 0 Å². The predicted molar refractivity (Wildman–Crippen MR) is 76.4 cm³/mol. The highest BCUT2D eigenvalue weighted by Gasteiger charge is 2.26. The molecule has 1 aromatic carbocycles. The lowest BCUT2D eigenvalue weighted by atomic mass is 10.1. The Labute approximate surface area is 111 Å². The van der Waals surface area contributed by atoms with Crippen LogP contribution in [0.25, 0.3) is 0 Å². The fraction of sp³-hybridized carbons (Fsp3) is 0.600. The molecule has 1 aliphatic heterocycles. The number of nitrogens with zero attached hydrogens (tertiary/aromatic N) is 2. The summed E-state index contributed by atoms with van der Waals surface area (Å²) < 4.78 is 0. The first-order valence-corrected chi connectivity index (χ1v) is 7.04. The molecule has 2 N–H and O–H groups in total. The Morgan fingerprint density at radius 2 is 2.11 bits per heavy atom. The first-order chi connectivity index (χ1) is 8.83. The lowest BCUT2D eigenvalue weighted by Gasteiger charge is -2.27. The number of likely N-dealkylation sites (tertiary alicyclic amines) is 1. The van der Waals surface area contributed by atoms with E-state index in [1.54, 1.807) is 0 Å². The molecule has 1 aliphatic rings. The van der Waals surface area contributed by atoms with Gasteiger partial charge in [-0.2, -0.15) is 0 Å². The molecule has 100 valence electrons. The molecule has 0 aliphatic carbocycles. The number of nitrogens with two attached hydrogens (primary N) is 1. The number of benzene rings is 1. The van der Waals surface area contributed by atoms with Crippen LogP contribution in [-0.4, -0.2) is 48.6 Å². The minimum Gasteiger partial charge on any atom is -0.329 e. The zero-order valence-electron chi connectivity index (χ0n) is 11.4. The third-order valence-electron chi connectivity index (χ3n) is 3.84. The number of hydrogen-bond donors (Lipinski definition) is 1. The summed E-state index contributed by atoms with van der Waals surface area (Å²) in [4.78, 5) is 5.07. The lowest BCUT2D eigenvalue weighted by Crippen LogP contribution is -2.37. The summed E-state index contributed by atoms with van der Waals surface area (Å²) in [5.41, 5.74) is 7.04. The van der Waals surface area contributed by atoms with Crippen LogP contribution < -0.4 is 5.73 Å². The summed E-state index contributed by atoms with van der Waals surface area (Å²) in [6.45, 7) is 8.64. The van der Waals surface area contributed by atoms with Crippen LogP contribution in [0, 0.1) is 0 Å². The SMILES string of the molecule is CCN(Cc1ccccc1)[C@H]1CCN(CCN)C1. The lowest BCUT2D eigenvalue weighted by molar-refractivity contribution is 0.194. The summed E-state index contributed by atoms with van der Waals surface area (Å²) >= 11 is 0. The molecule has 2 rings (SSSR count). The molecule has 0 saturated carbocycles. The van der Waals surface area contributed by atoms with Gasteiger partial charge in [-0.25, -0.2) is 0 Å². The molecule has 0 unspecified atom stereocenters. The Morgan fingerprint density at radius 1 is 1.33 bits per heavy atom. The molecule has 0 amide bonds. The molecular formula is C15H25N3. The van der Waals surface area contributed by atoms with Crippen LogP contribution in [0.5, 0.6) is 0 Å². The van der Waals surface area contributed by atoms with Crippen molar-refractivity contribution in [3.05, 3.63) is 35.9 Å². The van der Waals surface area contributed by atoms with E-state index in [0.717, 1.165) is 26.2 Å². The average molecular weight is 247 g/mol. The van der Waals surface area contributed by atoms with Gasteiger partial charge in [0.15, 0.2) is 0 Å². The molecule has 1 saturated heterocycles. The normalized spacial score (nSPS) is 20.7. The molecule has 0 aromatic heterocycles. The molecule has 3 nitrogen and oxygen atoms in total. The average Bonchev–Trinajstić information content (AvgIpc) is 2.86. The van der Waals surface area contributed by atoms with E-state index in [-0.39, 0.29) is 0 Å². The van der Waals surface area contributed by atoms with Crippen LogP contribution in [0.4, 0.5) is 0 Å². The van der Waals surface area contributed by atoms with E-state index in [2.05, 4.69) is 47.1 Å². The Hall–Kier alpha value is -0.900. The van der Waals surface area contributed by atoms with Crippen molar-refractivity contribution in [2.24, 2.45) is 5.73 Å². The van der Waals surface area contributed by atoms with Crippen molar-refractivity contribution < 1.29 is 0 Å². The second-order valence-electron chi connectivity index (χ2n) is 5.08. The van der Waals surface area contributed by atoms with E-state index >= 15 is 0 Å². The van der Waals surface area contributed by atoms with E-state index in [4.69, 9.17) is 5.73 Å². The van der Waals surface area contributed by atoms with Crippen molar-refractivity contribution >= 4 is 0 Å². The van der Waals surface area contributed by atoms with Gasteiger partial charge >= 0.3 is 0 Å². The minimum absolute atomic E-state index is 0.696. The summed E-state index contributed by atoms with van der Waals surface area (Å²) in [5, 5.41) is 0. The van der Waals surface area contributed by atoms with Gasteiger partial charge in [0, 0.05) is 32.2 Å². The Kier molecular flexibility index (Phi) is 5.17. The third kappa shape index (κ3) is 3.55. The molecule has 1 aromatic rings. The van der Waals surface area contributed by atoms with Crippen molar-refractivity contribution in [1.82, 2.24) is 9.80 Å². The maximum Gasteiger partial charge on any atom is 0.0238 e. The van der Waals surface area contributed by atoms with Crippen molar-refractivity contribution in [3.63, 3.8) is 0 Å². The second kappa shape index (κ2) is 6.88. The largest absolute Gasteiger partial charge is 0.329 e. The van der Waals surface area contributed by atoms with E-state index in [1.165, 1.54) is 25.1 Å². The quantitative estimate of drug-likeness (QED) is 0.827. The molecular weight excluding hydrogens is 222 g/mol. The molecule has 1 fully saturated rings. The Morgan fingerprint density at radius 3 is 2.78 bits per heavy atom. The number of hydrogen-bond acceptors (Lipinski definition) is 3. The predicted octanol–water partition coefficient (Wildman–Crippen LogP) is 1.54. The standard InChI is InChI=1S/C15H25N3/c1-2-18(12-14-6-4-3-5-7-14)15-8-10-17(13-15)11-9-16/h3-7,15H,2,8-13,16H2,1H3/t15-/m0/s1. The monoisotopic (exact) mass is 247 g/mol. The minimum atomic E-state index is 0.696. The molecule has 0 radical (unpaired) electrons. The van der Waals surface area contributed by atoms with Gasteiger partial charge in [-0.05, 0) is 25.1 Å². The van der Waals surface area contributed by atoms with Crippen LogP contribution in [0.3, 0.4) is 0 Å².